The number of fused-ring (bicyclic) bond motifs is 1. The van der Waals surface area contributed by atoms with Crippen LogP contribution >= 0.6 is 0 Å². The predicted molar refractivity (Wildman–Crippen MR) is 119 cm³/mol. The number of rotatable bonds is 6. The van der Waals surface area contributed by atoms with Gasteiger partial charge < -0.3 is 15.8 Å². The Morgan fingerprint density at radius 1 is 1.30 bits per heavy atom. The maximum Gasteiger partial charge on any atom is 0.404 e. The number of amides is 1. The molecule has 11 nitrogen and oxygen atoms in total. The molecule has 1 fully saturated rings. The van der Waals surface area contributed by atoms with Crippen LogP contribution in [0.2, 0.25) is 0 Å². The first kappa shape index (κ1) is 20.4. The van der Waals surface area contributed by atoms with Crippen LogP contribution in [-0.4, -0.2) is 48.3 Å². The smallest absolute Gasteiger partial charge is 0.404 e. The highest BCUT2D eigenvalue weighted by Crippen LogP contribution is 2.35. The van der Waals surface area contributed by atoms with Crippen molar-refractivity contribution in [1.29, 1.82) is 5.26 Å². The van der Waals surface area contributed by atoms with Crippen molar-refractivity contribution >= 4 is 17.3 Å². The highest BCUT2D eigenvalue weighted by molar-refractivity contribution is 5.79. The minimum Gasteiger partial charge on any atom is -0.449 e. The van der Waals surface area contributed by atoms with Crippen LogP contribution < -0.4 is 11.1 Å². The molecule has 4 aromatic heterocycles. The van der Waals surface area contributed by atoms with E-state index in [0.29, 0.717) is 17.9 Å². The molecule has 0 aliphatic heterocycles. The maximum absolute atomic E-state index is 10.8. The lowest BCUT2D eigenvalue weighted by atomic mass is 9.80. The average Bonchev–Trinajstić information content (AvgIpc) is 3.40. The fourth-order valence-corrected chi connectivity index (χ4v) is 4.05. The molecular weight excluding hydrogens is 422 g/mol. The van der Waals surface area contributed by atoms with Gasteiger partial charge in [-0.15, -0.1) is 5.10 Å². The lowest BCUT2D eigenvalue weighted by molar-refractivity contribution is 0.106. The fourth-order valence-electron chi connectivity index (χ4n) is 4.05. The molecule has 166 valence electrons. The van der Waals surface area contributed by atoms with Gasteiger partial charge in [-0.2, -0.15) is 10.4 Å². The lowest BCUT2D eigenvalue weighted by Crippen LogP contribution is -2.38. The van der Waals surface area contributed by atoms with Crippen LogP contribution in [0.15, 0.2) is 42.9 Å². The Bertz CT molecular complexity index is 1380. The van der Waals surface area contributed by atoms with Crippen molar-refractivity contribution in [2.75, 3.05) is 11.9 Å². The third-order valence-corrected chi connectivity index (χ3v) is 5.73. The van der Waals surface area contributed by atoms with Crippen molar-refractivity contribution in [3.05, 3.63) is 48.4 Å². The van der Waals surface area contributed by atoms with Gasteiger partial charge in [0.25, 0.3) is 0 Å². The standard InChI is InChI=1S/C22H21N9O2/c1-30-11-20(28-29-30)17-10-25-19(21-3-2-16-6-14(8-23)9-26-31(16)21)7-18(17)27-15-4-13(5-15)12-33-22(24)32/h2-3,6-7,9-11,13,15H,4-5,12H2,1H3,(H2,24,32)(H,25,27). The van der Waals surface area contributed by atoms with E-state index < -0.39 is 6.09 Å². The zero-order valence-corrected chi connectivity index (χ0v) is 17.8. The summed E-state index contributed by atoms with van der Waals surface area (Å²) >= 11 is 0. The summed E-state index contributed by atoms with van der Waals surface area (Å²) in [4.78, 5) is 15.5. The molecule has 1 aliphatic carbocycles. The number of nitrogens with one attached hydrogen (secondary N) is 1. The number of pyridine rings is 1. The SMILES string of the molecule is Cn1cc(-c2cnc(-c3ccc4cc(C#N)cnn34)cc2NC2CC(COC(N)=O)C2)nn1. The Hall–Kier alpha value is -4.46. The number of hydrogen-bond acceptors (Lipinski definition) is 8. The van der Waals surface area contributed by atoms with Crippen molar-refractivity contribution in [3.8, 4) is 28.7 Å². The molecule has 1 saturated carbocycles. The summed E-state index contributed by atoms with van der Waals surface area (Å²) in [6.07, 6.45) is 6.12. The van der Waals surface area contributed by atoms with Crippen LogP contribution in [0.3, 0.4) is 0 Å². The summed E-state index contributed by atoms with van der Waals surface area (Å²) < 4.78 is 8.32. The zero-order valence-electron chi connectivity index (χ0n) is 17.8. The summed E-state index contributed by atoms with van der Waals surface area (Å²) in [5, 5.41) is 25.4. The summed E-state index contributed by atoms with van der Waals surface area (Å²) in [5.41, 5.74) is 10.3. The van der Waals surface area contributed by atoms with E-state index in [0.717, 1.165) is 41.0 Å². The maximum atomic E-state index is 10.8. The van der Waals surface area contributed by atoms with Gasteiger partial charge in [-0.25, -0.2) is 9.31 Å². The van der Waals surface area contributed by atoms with Gasteiger partial charge in [0.2, 0.25) is 0 Å². The van der Waals surface area contributed by atoms with Crippen molar-refractivity contribution in [3.63, 3.8) is 0 Å². The zero-order chi connectivity index (χ0) is 22.9. The van der Waals surface area contributed by atoms with E-state index in [1.807, 2.05) is 31.4 Å². The van der Waals surface area contributed by atoms with Crippen molar-refractivity contribution in [2.24, 2.45) is 18.7 Å². The Morgan fingerprint density at radius 3 is 2.88 bits per heavy atom. The van der Waals surface area contributed by atoms with E-state index >= 15 is 0 Å². The van der Waals surface area contributed by atoms with Crippen LogP contribution in [-0.2, 0) is 11.8 Å². The fraction of sp³-hybridized carbons (Fsp3) is 0.273. The van der Waals surface area contributed by atoms with E-state index in [1.165, 1.54) is 6.20 Å². The van der Waals surface area contributed by atoms with Crippen LogP contribution in [0.1, 0.15) is 18.4 Å². The van der Waals surface area contributed by atoms with Gasteiger partial charge in [0.15, 0.2) is 0 Å². The summed E-state index contributed by atoms with van der Waals surface area (Å²) in [6, 6.07) is 9.92. The van der Waals surface area contributed by atoms with Crippen LogP contribution in [0.25, 0.3) is 28.2 Å². The molecule has 0 unspecified atom stereocenters. The highest BCUT2D eigenvalue weighted by Gasteiger charge is 2.30. The second-order valence-electron chi connectivity index (χ2n) is 8.11. The minimum absolute atomic E-state index is 0.220. The molecule has 4 heterocycles. The first-order valence-corrected chi connectivity index (χ1v) is 10.4. The predicted octanol–water partition coefficient (Wildman–Crippen LogP) is 2.35. The number of carbonyl (C=O) groups is 1. The van der Waals surface area contributed by atoms with E-state index in [2.05, 4.69) is 31.8 Å². The molecule has 33 heavy (non-hydrogen) atoms. The lowest BCUT2D eigenvalue weighted by Gasteiger charge is -2.36. The van der Waals surface area contributed by atoms with Crippen molar-refractivity contribution in [1.82, 2.24) is 29.6 Å². The molecule has 0 bridgehead atoms. The Kier molecular flexibility index (Phi) is 5.10. The Labute approximate surface area is 188 Å². The normalized spacial score (nSPS) is 17.3. The van der Waals surface area contributed by atoms with Crippen LogP contribution in [0, 0.1) is 17.2 Å². The number of ether oxygens (including phenoxy) is 1. The number of anilines is 1. The third-order valence-electron chi connectivity index (χ3n) is 5.73. The van der Waals surface area contributed by atoms with Gasteiger partial charge in [0.05, 0.1) is 41.5 Å². The second-order valence-corrected chi connectivity index (χ2v) is 8.11. The van der Waals surface area contributed by atoms with E-state index in [1.54, 1.807) is 21.5 Å². The second kappa shape index (κ2) is 8.23. The first-order valence-electron chi connectivity index (χ1n) is 10.4. The van der Waals surface area contributed by atoms with E-state index in [-0.39, 0.29) is 12.0 Å². The quantitative estimate of drug-likeness (QED) is 0.461. The average molecular weight is 443 g/mol. The van der Waals surface area contributed by atoms with Gasteiger partial charge in [-0.1, -0.05) is 5.21 Å². The van der Waals surface area contributed by atoms with Gasteiger partial charge in [-0.05, 0) is 43.0 Å². The molecule has 0 aromatic carbocycles. The highest BCUT2D eigenvalue weighted by atomic mass is 16.5. The number of carbonyl (C=O) groups excluding carboxylic acids is 1. The van der Waals surface area contributed by atoms with Crippen LogP contribution in [0.5, 0.6) is 0 Å². The number of aryl methyl sites for hydroxylation is 1. The largest absolute Gasteiger partial charge is 0.449 e. The van der Waals surface area contributed by atoms with Crippen molar-refractivity contribution < 1.29 is 9.53 Å². The molecule has 0 radical (unpaired) electrons. The molecule has 0 atom stereocenters. The third kappa shape index (κ3) is 4.06. The molecule has 11 heteroatoms. The topological polar surface area (TPSA) is 149 Å². The molecule has 0 spiro atoms. The molecule has 1 aliphatic rings. The number of nitrogens with two attached hydrogens (primary N) is 1. The molecular formula is C22H21N9O2. The monoisotopic (exact) mass is 443 g/mol. The summed E-state index contributed by atoms with van der Waals surface area (Å²) in [7, 11) is 1.81. The van der Waals surface area contributed by atoms with Gasteiger partial charge >= 0.3 is 6.09 Å². The molecule has 1 amide bonds. The number of aromatic nitrogens is 6. The van der Waals surface area contributed by atoms with E-state index in [9.17, 15) is 4.79 Å². The van der Waals surface area contributed by atoms with Crippen LogP contribution in [0.4, 0.5) is 10.5 Å². The number of hydrogen-bond donors (Lipinski definition) is 2. The Morgan fingerprint density at radius 2 is 2.15 bits per heavy atom. The van der Waals surface area contributed by atoms with Gasteiger partial charge in [0.1, 0.15) is 11.8 Å². The summed E-state index contributed by atoms with van der Waals surface area (Å²) in [5.74, 6) is 0.282. The molecule has 5 rings (SSSR count). The minimum atomic E-state index is -0.745. The number of primary amides is 1. The molecule has 0 saturated heterocycles. The molecule has 3 N–H and O–H groups in total. The molecule has 4 aromatic rings. The van der Waals surface area contributed by atoms with Crippen molar-refractivity contribution in [2.45, 2.75) is 18.9 Å². The summed E-state index contributed by atoms with van der Waals surface area (Å²) in [6.45, 7) is 0.332. The number of nitrogens with zero attached hydrogens (tertiary/aromatic N) is 7. The number of nitriles is 1. The van der Waals surface area contributed by atoms with Gasteiger partial charge in [0, 0.05) is 30.5 Å². The first-order chi connectivity index (χ1) is 16.0. The Balaban J connectivity index is 1.45. The van der Waals surface area contributed by atoms with E-state index in [4.69, 9.17) is 15.7 Å². The van der Waals surface area contributed by atoms with Gasteiger partial charge in [-0.3, -0.25) is 9.67 Å².